The average Bonchev–Trinajstić information content (AvgIpc) is 3.11. The third-order valence-corrected chi connectivity index (χ3v) is 5.27. The highest BCUT2D eigenvalue weighted by molar-refractivity contribution is 7.22. The second-order valence-electron chi connectivity index (χ2n) is 6.17. The number of nitro benzene ring substituents is 1. The summed E-state index contributed by atoms with van der Waals surface area (Å²) in [5, 5.41) is 14.2. The van der Waals surface area contributed by atoms with Crippen LogP contribution >= 0.6 is 11.3 Å². The molecule has 0 fully saturated rings. The van der Waals surface area contributed by atoms with Gasteiger partial charge in [-0.15, -0.1) is 0 Å². The van der Waals surface area contributed by atoms with E-state index in [0.717, 1.165) is 11.1 Å². The van der Waals surface area contributed by atoms with E-state index in [-0.39, 0.29) is 11.6 Å². The summed E-state index contributed by atoms with van der Waals surface area (Å²) in [7, 11) is 0. The fourth-order valence-corrected chi connectivity index (χ4v) is 3.95. The van der Waals surface area contributed by atoms with Gasteiger partial charge in [0.15, 0.2) is 5.13 Å². The summed E-state index contributed by atoms with van der Waals surface area (Å²) in [5.41, 5.74) is 2.37. The first-order valence-electron chi connectivity index (χ1n) is 8.57. The summed E-state index contributed by atoms with van der Waals surface area (Å²) in [4.78, 5) is 28.0. The Balaban J connectivity index is 1.66. The first kappa shape index (κ1) is 17.8. The molecule has 1 heterocycles. The third-order valence-electron chi connectivity index (χ3n) is 4.34. The zero-order valence-electron chi connectivity index (χ0n) is 14.6. The number of carbonyl (C=O) groups excluding carboxylic acids is 1. The molecule has 1 aromatic heterocycles. The van der Waals surface area contributed by atoms with Crippen molar-refractivity contribution >= 4 is 38.3 Å². The molecular weight excluding hydrogens is 374 g/mol. The molecule has 1 amide bonds. The molecule has 0 aliphatic rings. The van der Waals surface area contributed by atoms with Crippen LogP contribution in [-0.2, 0) is 4.79 Å². The number of rotatable bonds is 5. The standard InChI is InChI=1S/C21H15N3O3S/c25-20(19(14-7-3-1-4-8-14)15-9-5-2-6-10-15)23-21-22-17-12-11-16(24(26)27)13-18(17)28-21/h1-13,19H,(H,22,23,25). The highest BCUT2D eigenvalue weighted by Crippen LogP contribution is 2.31. The fourth-order valence-electron chi connectivity index (χ4n) is 3.04. The summed E-state index contributed by atoms with van der Waals surface area (Å²) < 4.78 is 0.653. The van der Waals surface area contributed by atoms with Crippen LogP contribution < -0.4 is 5.32 Å². The van der Waals surface area contributed by atoms with E-state index in [1.54, 1.807) is 6.07 Å². The van der Waals surface area contributed by atoms with Crippen LogP contribution in [0.2, 0.25) is 0 Å². The molecule has 4 rings (SSSR count). The highest BCUT2D eigenvalue weighted by atomic mass is 32.1. The van der Waals surface area contributed by atoms with Gasteiger partial charge in [-0.3, -0.25) is 14.9 Å². The Hall–Kier alpha value is -3.58. The predicted molar refractivity (Wildman–Crippen MR) is 110 cm³/mol. The first-order chi connectivity index (χ1) is 13.6. The smallest absolute Gasteiger partial charge is 0.270 e. The van der Waals surface area contributed by atoms with Gasteiger partial charge in [-0.05, 0) is 17.2 Å². The van der Waals surface area contributed by atoms with Crippen LogP contribution in [0.5, 0.6) is 0 Å². The van der Waals surface area contributed by atoms with Gasteiger partial charge in [-0.25, -0.2) is 4.98 Å². The number of fused-ring (bicyclic) bond motifs is 1. The lowest BCUT2D eigenvalue weighted by atomic mass is 9.90. The molecule has 28 heavy (non-hydrogen) atoms. The van der Waals surface area contributed by atoms with Crippen molar-refractivity contribution < 1.29 is 9.72 Å². The number of nitrogens with zero attached hydrogens (tertiary/aromatic N) is 2. The Morgan fingerprint density at radius 3 is 2.14 bits per heavy atom. The number of benzene rings is 3. The molecule has 0 spiro atoms. The second-order valence-corrected chi connectivity index (χ2v) is 7.20. The minimum absolute atomic E-state index is 0.000439. The van der Waals surface area contributed by atoms with Gasteiger partial charge in [0.1, 0.15) is 0 Å². The lowest BCUT2D eigenvalue weighted by Gasteiger charge is -2.16. The van der Waals surface area contributed by atoms with Gasteiger partial charge >= 0.3 is 0 Å². The molecule has 6 nitrogen and oxygen atoms in total. The van der Waals surface area contributed by atoms with Crippen molar-refractivity contribution in [2.45, 2.75) is 5.92 Å². The molecule has 0 saturated carbocycles. The summed E-state index contributed by atoms with van der Waals surface area (Å²) >= 11 is 1.22. The van der Waals surface area contributed by atoms with Crippen molar-refractivity contribution in [3.63, 3.8) is 0 Å². The first-order valence-corrected chi connectivity index (χ1v) is 9.39. The van der Waals surface area contributed by atoms with Gasteiger partial charge in [-0.1, -0.05) is 72.0 Å². The Morgan fingerprint density at radius 2 is 1.57 bits per heavy atom. The number of nitro groups is 1. The van der Waals surface area contributed by atoms with Crippen molar-refractivity contribution in [1.29, 1.82) is 0 Å². The topological polar surface area (TPSA) is 85.1 Å². The van der Waals surface area contributed by atoms with E-state index >= 15 is 0 Å². The van der Waals surface area contributed by atoms with Gasteiger partial charge in [0.2, 0.25) is 5.91 Å². The summed E-state index contributed by atoms with van der Waals surface area (Å²) in [6, 6.07) is 23.5. The Kier molecular flexibility index (Phi) is 4.82. The molecule has 0 unspecified atom stereocenters. The Labute approximate surface area is 164 Å². The van der Waals surface area contributed by atoms with Crippen molar-refractivity contribution in [3.8, 4) is 0 Å². The number of non-ortho nitro benzene ring substituents is 1. The SMILES string of the molecule is O=C(Nc1nc2ccc([N+](=O)[O-])cc2s1)C(c1ccccc1)c1ccccc1. The van der Waals surface area contributed by atoms with Crippen LogP contribution in [0, 0.1) is 10.1 Å². The lowest BCUT2D eigenvalue weighted by molar-refractivity contribution is -0.384. The maximum absolute atomic E-state index is 13.1. The number of thiazole rings is 1. The van der Waals surface area contributed by atoms with E-state index in [1.165, 1.54) is 23.5 Å². The lowest BCUT2D eigenvalue weighted by Crippen LogP contribution is -2.22. The van der Waals surface area contributed by atoms with Crippen molar-refractivity contribution in [2.75, 3.05) is 5.32 Å². The number of anilines is 1. The number of nitrogens with one attached hydrogen (secondary N) is 1. The molecule has 0 atom stereocenters. The third kappa shape index (κ3) is 3.60. The number of hydrogen-bond donors (Lipinski definition) is 1. The van der Waals surface area contributed by atoms with E-state index in [0.29, 0.717) is 15.3 Å². The van der Waals surface area contributed by atoms with Gasteiger partial charge < -0.3 is 5.32 Å². The second kappa shape index (κ2) is 7.58. The van der Waals surface area contributed by atoms with E-state index < -0.39 is 10.8 Å². The molecule has 0 saturated heterocycles. The Bertz CT molecular complexity index is 1100. The normalized spacial score (nSPS) is 10.9. The molecule has 0 aliphatic heterocycles. The molecule has 4 aromatic rings. The molecule has 0 aliphatic carbocycles. The van der Waals surface area contributed by atoms with Crippen LogP contribution in [0.15, 0.2) is 78.9 Å². The molecule has 0 radical (unpaired) electrons. The number of carbonyl (C=O) groups is 1. The Morgan fingerprint density at radius 1 is 0.964 bits per heavy atom. The van der Waals surface area contributed by atoms with Crippen LogP contribution in [0.25, 0.3) is 10.2 Å². The van der Waals surface area contributed by atoms with Crippen LogP contribution in [0.4, 0.5) is 10.8 Å². The zero-order chi connectivity index (χ0) is 19.5. The van der Waals surface area contributed by atoms with Gasteiger partial charge in [0, 0.05) is 12.1 Å². The van der Waals surface area contributed by atoms with Gasteiger partial charge in [0.25, 0.3) is 5.69 Å². The maximum Gasteiger partial charge on any atom is 0.270 e. The number of aromatic nitrogens is 1. The van der Waals surface area contributed by atoms with Gasteiger partial charge in [-0.2, -0.15) is 0 Å². The highest BCUT2D eigenvalue weighted by Gasteiger charge is 2.23. The van der Waals surface area contributed by atoms with E-state index in [9.17, 15) is 14.9 Å². The van der Waals surface area contributed by atoms with Crippen molar-refractivity contribution in [1.82, 2.24) is 4.98 Å². The van der Waals surface area contributed by atoms with Crippen LogP contribution in [0.3, 0.4) is 0 Å². The van der Waals surface area contributed by atoms with Crippen molar-refractivity contribution in [3.05, 3.63) is 100 Å². The minimum atomic E-state index is -0.483. The molecule has 138 valence electrons. The van der Waals surface area contributed by atoms with Crippen LogP contribution in [0.1, 0.15) is 17.0 Å². The monoisotopic (exact) mass is 389 g/mol. The fraction of sp³-hybridized carbons (Fsp3) is 0.0476. The predicted octanol–water partition coefficient (Wildman–Crippen LogP) is 4.98. The zero-order valence-corrected chi connectivity index (χ0v) is 15.4. The minimum Gasteiger partial charge on any atom is -0.301 e. The number of amides is 1. The quantitative estimate of drug-likeness (QED) is 0.385. The van der Waals surface area contributed by atoms with E-state index in [2.05, 4.69) is 10.3 Å². The van der Waals surface area contributed by atoms with Crippen LogP contribution in [-0.4, -0.2) is 15.8 Å². The number of hydrogen-bond acceptors (Lipinski definition) is 5. The summed E-state index contributed by atoms with van der Waals surface area (Å²) in [6.45, 7) is 0. The summed E-state index contributed by atoms with van der Waals surface area (Å²) in [5.74, 6) is -0.685. The maximum atomic E-state index is 13.1. The van der Waals surface area contributed by atoms with E-state index in [1.807, 2.05) is 60.7 Å². The molecule has 1 N–H and O–H groups in total. The molecule has 3 aromatic carbocycles. The van der Waals surface area contributed by atoms with E-state index in [4.69, 9.17) is 0 Å². The largest absolute Gasteiger partial charge is 0.301 e. The average molecular weight is 389 g/mol. The summed E-state index contributed by atoms with van der Waals surface area (Å²) in [6.07, 6.45) is 0. The molecular formula is C21H15N3O3S. The van der Waals surface area contributed by atoms with Crippen molar-refractivity contribution in [2.24, 2.45) is 0 Å². The van der Waals surface area contributed by atoms with Gasteiger partial charge in [0.05, 0.1) is 21.1 Å². The molecule has 0 bridgehead atoms. The molecule has 7 heteroatoms.